The van der Waals surface area contributed by atoms with Crippen molar-refractivity contribution in [1.82, 2.24) is 14.5 Å². The summed E-state index contributed by atoms with van der Waals surface area (Å²) in [6.07, 6.45) is 0. The Hall–Kier alpha value is -2.37. The van der Waals surface area contributed by atoms with Gasteiger partial charge in [0.25, 0.3) is 5.91 Å². The smallest absolute Gasteiger partial charge is 0.254 e. The van der Waals surface area contributed by atoms with Gasteiger partial charge in [-0.1, -0.05) is 24.3 Å². The first-order chi connectivity index (χ1) is 15.9. The molecule has 8 nitrogen and oxygen atoms in total. The summed E-state index contributed by atoms with van der Waals surface area (Å²) >= 11 is 0. The lowest BCUT2D eigenvalue weighted by atomic mass is 10.1. The van der Waals surface area contributed by atoms with Gasteiger partial charge in [-0.2, -0.15) is 4.31 Å². The summed E-state index contributed by atoms with van der Waals surface area (Å²) < 4.78 is 52.0. The number of rotatable bonds is 7. The molecule has 178 valence electrons. The van der Waals surface area contributed by atoms with Crippen molar-refractivity contribution in [3.63, 3.8) is 0 Å². The molecule has 10 heteroatoms. The molecule has 2 heterocycles. The van der Waals surface area contributed by atoms with Crippen LogP contribution in [0.2, 0.25) is 0 Å². The molecule has 0 bridgehead atoms. The minimum atomic E-state index is -3.83. The Morgan fingerprint density at radius 3 is 2.33 bits per heavy atom. The SMILES string of the molecule is O=C(NCc1cccc(CN2CCOCC2)c1)c1cc(S(=O)(=O)N2CCOCC2)ccc1F. The van der Waals surface area contributed by atoms with Crippen LogP contribution < -0.4 is 5.32 Å². The highest BCUT2D eigenvalue weighted by Crippen LogP contribution is 2.20. The molecule has 0 aromatic heterocycles. The quantitative estimate of drug-likeness (QED) is 0.652. The Kier molecular flexibility index (Phi) is 7.71. The minimum absolute atomic E-state index is 0.108. The summed E-state index contributed by atoms with van der Waals surface area (Å²) in [5.41, 5.74) is 1.70. The normalized spacial score (nSPS) is 18.2. The number of benzene rings is 2. The van der Waals surface area contributed by atoms with Gasteiger partial charge in [0.1, 0.15) is 5.82 Å². The number of amides is 1. The van der Waals surface area contributed by atoms with E-state index in [0.29, 0.717) is 13.2 Å². The third-order valence-electron chi connectivity index (χ3n) is 5.74. The second kappa shape index (κ2) is 10.7. The number of carbonyl (C=O) groups excluding carboxylic acids is 1. The van der Waals surface area contributed by atoms with E-state index in [1.54, 1.807) is 0 Å². The molecule has 1 amide bonds. The topological polar surface area (TPSA) is 88.2 Å². The molecule has 2 aromatic rings. The molecule has 0 spiro atoms. The first-order valence-corrected chi connectivity index (χ1v) is 12.4. The third-order valence-corrected chi connectivity index (χ3v) is 7.64. The van der Waals surface area contributed by atoms with Crippen molar-refractivity contribution >= 4 is 15.9 Å². The monoisotopic (exact) mass is 477 g/mol. The van der Waals surface area contributed by atoms with Crippen LogP contribution in [0.15, 0.2) is 47.4 Å². The molecule has 33 heavy (non-hydrogen) atoms. The van der Waals surface area contributed by atoms with Crippen LogP contribution in [0.1, 0.15) is 21.5 Å². The fourth-order valence-corrected chi connectivity index (χ4v) is 5.34. The lowest BCUT2D eigenvalue weighted by molar-refractivity contribution is 0.0342. The van der Waals surface area contributed by atoms with Crippen molar-refractivity contribution in [3.05, 3.63) is 65.0 Å². The summed E-state index contributed by atoms with van der Waals surface area (Å²) in [5.74, 6) is -1.43. The number of carbonyl (C=O) groups is 1. The molecule has 0 saturated carbocycles. The molecular weight excluding hydrogens is 449 g/mol. The van der Waals surface area contributed by atoms with Crippen LogP contribution in [0, 0.1) is 5.82 Å². The lowest BCUT2D eigenvalue weighted by Crippen LogP contribution is -2.40. The number of halogens is 1. The van der Waals surface area contributed by atoms with Crippen molar-refractivity contribution in [1.29, 1.82) is 0 Å². The summed E-state index contributed by atoms with van der Waals surface area (Å²) in [6, 6.07) is 11.2. The highest BCUT2D eigenvalue weighted by molar-refractivity contribution is 7.89. The Morgan fingerprint density at radius 2 is 1.61 bits per heavy atom. The van der Waals surface area contributed by atoms with Crippen molar-refractivity contribution in [2.45, 2.75) is 18.0 Å². The van der Waals surface area contributed by atoms with Gasteiger partial charge in [-0.05, 0) is 29.3 Å². The highest BCUT2D eigenvalue weighted by atomic mass is 32.2. The van der Waals surface area contributed by atoms with E-state index in [4.69, 9.17) is 9.47 Å². The maximum atomic E-state index is 14.4. The van der Waals surface area contributed by atoms with Gasteiger partial charge in [0.2, 0.25) is 10.0 Å². The van der Waals surface area contributed by atoms with E-state index in [1.807, 2.05) is 24.3 Å². The fraction of sp³-hybridized carbons (Fsp3) is 0.435. The van der Waals surface area contributed by atoms with Crippen LogP contribution in [-0.2, 0) is 32.6 Å². The third kappa shape index (κ3) is 5.96. The number of nitrogens with zero attached hydrogens (tertiary/aromatic N) is 2. The van der Waals surface area contributed by atoms with E-state index >= 15 is 0 Å². The molecule has 0 atom stereocenters. The minimum Gasteiger partial charge on any atom is -0.379 e. The predicted octanol–water partition coefficient (Wildman–Crippen LogP) is 1.61. The van der Waals surface area contributed by atoms with Gasteiger partial charge in [-0.15, -0.1) is 0 Å². The molecular formula is C23H28FN3O5S. The second-order valence-corrected chi connectivity index (χ2v) is 9.99. The second-order valence-electron chi connectivity index (χ2n) is 8.05. The number of hydrogen-bond donors (Lipinski definition) is 1. The van der Waals surface area contributed by atoms with Gasteiger partial charge in [0.05, 0.1) is 36.9 Å². The zero-order chi connectivity index (χ0) is 23.3. The van der Waals surface area contributed by atoms with Crippen LogP contribution in [0.3, 0.4) is 0 Å². The number of nitrogens with one attached hydrogen (secondary N) is 1. The van der Waals surface area contributed by atoms with E-state index in [0.717, 1.165) is 56.1 Å². The summed E-state index contributed by atoms with van der Waals surface area (Å²) in [7, 11) is -3.83. The first kappa shape index (κ1) is 23.8. The number of hydrogen-bond acceptors (Lipinski definition) is 6. The van der Waals surface area contributed by atoms with Crippen LogP contribution in [0.4, 0.5) is 4.39 Å². The van der Waals surface area contributed by atoms with Gasteiger partial charge >= 0.3 is 0 Å². The number of ether oxygens (including phenoxy) is 2. The van der Waals surface area contributed by atoms with Gasteiger partial charge in [-0.25, -0.2) is 12.8 Å². The molecule has 2 saturated heterocycles. The molecule has 0 unspecified atom stereocenters. The average Bonchev–Trinajstić information content (AvgIpc) is 2.84. The van der Waals surface area contributed by atoms with E-state index in [2.05, 4.69) is 10.2 Å². The largest absolute Gasteiger partial charge is 0.379 e. The highest BCUT2D eigenvalue weighted by Gasteiger charge is 2.28. The van der Waals surface area contributed by atoms with E-state index in [9.17, 15) is 17.6 Å². The Labute approximate surface area is 193 Å². The van der Waals surface area contributed by atoms with Crippen molar-refractivity contribution < 1.29 is 27.1 Å². The molecule has 4 rings (SSSR count). The zero-order valence-electron chi connectivity index (χ0n) is 18.3. The molecule has 2 aliphatic rings. The standard InChI is InChI=1S/C23H28FN3O5S/c24-22-5-4-20(33(29,30)27-8-12-32-13-9-27)15-21(22)23(28)25-16-18-2-1-3-19(14-18)17-26-6-10-31-11-7-26/h1-5,14-15H,6-13,16-17H2,(H,25,28). The van der Waals surface area contributed by atoms with Crippen molar-refractivity contribution in [2.24, 2.45) is 0 Å². The predicted molar refractivity (Wildman–Crippen MR) is 120 cm³/mol. The van der Waals surface area contributed by atoms with Gasteiger partial charge < -0.3 is 14.8 Å². The van der Waals surface area contributed by atoms with Crippen LogP contribution in [0.25, 0.3) is 0 Å². The Balaban J connectivity index is 1.42. The molecule has 1 N–H and O–H groups in total. The van der Waals surface area contributed by atoms with Crippen LogP contribution in [0.5, 0.6) is 0 Å². The molecule has 0 aliphatic carbocycles. The first-order valence-electron chi connectivity index (χ1n) is 11.0. The Morgan fingerprint density at radius 1 is 0.939 bits per heavy atom. The fourth-order valence-electron chi connectivity index (χ4n) is 3.91. The molecule has 2 fully saturated rings. The van der Waals surface area contributed by atoms with E-state index in [-0.39, 0.29) is 30.1 Å². The van der Waals surface area contributed by atoms with Crippen molar-refractivity contribution in [3.8, 4) is 0 Å². The molecule has 2 aliphatic heterocycles. The van der Waals surface area contributed by atoms with Gasteiger partial charge in [0.15, 0.2) is 0 Å². The van der Waals surface area contributed by atoms with Crippen LogP contribution >= 0.6 is 0 Å². The van der Waals surface area contributed by atoms with Gasteiger partial charge in [-0.3, -0.25) is 9.69 Å². The van der Waals surface area contributed by atoms with Gasteiger partial charge in [0, 0.05) is 39.3 Å². The van der Waals surface area contributed by atoms with E-state index < -0.39 is 21.7 Å². The zero-order valence-corrected chi connectivity index (χ0v) is 19.2. The number of sulfonamides is 1. The van der Waals surface area contributed by atoms with Crippen molar-refractivity contribution in [2.75, 3.05) is 52.6 Å². The Bertz CT molecular complexity index is 1080. The summed E-state index contributed by atoms with van der Waals surface area (Å²) in [4.78, 5) is 14.9. The molecule has 2 aromatic carbocycles. The van der Waals surface area contributed by atoms with Crippen LogP contribution in [-0.4, -0.2) is 76.1 Å². The maximum Gasteiger partial charge on any atom is 0.254 e. The maximum absolute atomic E-state index is 14.4. The number of morpholine rings is 2. The summed E-state index contributed by atoms with van der Waals surface area (Å²) in [6.45, 7) is 5.26. The van der Waals surface area contributed by atoms with E-state index in [1.165, 1.54) is 10.4 Å². The lowest BCUT2D eigenvalue weighted by Gasteiger charge is -2.26. The summed E-state index contributed by atoms with van der Waals surface area (Å²) in [5, 5.41) is 2.70. The molecule has 0 radical (unpaired) electrons. The average molecular weight is 478 g/mol.